The molecule has 13 heteroatoms. The Bertz CT molecular complexity index is 1540. The van der Waals surface area contributed by atoms with Crippen LogP contribution in [0.1, 0.15) is 11.3 Å². The Kier molecular flexibility index (Phi) is 7.76. The van der Waals surface area contributed by atoms with Crippen molar-refractivity contribution >= 4 is 28.3 Å². The largest absolute Gasteiger partial charge is 0.438 e. The van der Waals surface area contributed by atoms with Gasteiger partial charge in [0, 0.05) is 50.3 Å². The molecule has 42 heavy (non-hydrogen) atoms. The van der Waals surface area contributed by atoms with Gasteiger partial charge in [0.15, 0.2) is 0 Å². The van der Waals surface area contributed by atoms with Crippen molar-refractivity contribution in [3.8, 4) is 11.6 Å². The third-order valence-electron chi connectivity index (χ3n) is 7.29. The fraction of sp³-hybridized carbons (Fsp3) is 0.310. The molecule has 0 atom stereocenters. The minimum Gasteiger partial charge on any atom is -0.438 e. The number of pyridine rings is 1. The van der Waals surface area contributed by atoms with Gasteiger partial charge in [-0.25, -0.2) is 14.8 Å². The van der Waals surface area contributed by atoms with Crippen LogP contribution in [0.4, 0.5) is 29.3 Å². The number of anilines is 2. The van der Waals surface area contributed by atoms with E-state index < -0.39 is 17.9 Å². The molecular formula is C29H28F3N7O3. The van der Waals surface area contributed by atoms with E-state index in [9.17, 15) is 18.0 Å². The van der Waals surface area contributed by atoms with Gasteiger partial charge in [-0.3, -0.25) is 9.88 Å². The first-order valence-electron chi connectivity index (χ1n) is 13.5. The van der Waals surface area contributed by atoms with Crippen molar-refractivity contribution in [2.24, 2.45) is 0 Å². The molecular weight excluding hydrogens is 551 g/mol. The Morgan fingerprint density at radius 2 is 1.76 bits per heavy atom. The van der Waals surface area contributed by atoms with E-state index in [4.69, 9.17) is 9.47 Å². The lowest BCUT2D eigenvalue weighted by Crippen LogP contribution is -2.56. The van der Waals surface area contributed by atoms with Gasteiger partial charge in [-0.15, -0.1) is 0 Å². The molecule has 2 amide bonds. The molecule has 2 fully saturated rings. The van der Waals surface area contributed by atoms with Gasteiger partial charge in [0.25, 0.3) is 0 Å². The summed E-state index contributed by atoms with van der Waals surface area (Å²) in [5, 5.41) is 6.05. The smallest absolute Gasteiger partial charge is 0.433 e. The number of benzene rings is 2. The Hall–Kier alpha value is -4.49. The maximum absolute atomic E-state index is 12.7. The zero-order valence-corrected chi connectivity index (χ0v) is 22.5. The minimum atomic E-state index is -4.51. The molecule has 4 heterocycles. The van der Waals surface area contributed by atoms with Crippen molar-refractivity contribution in [3.63, 3.8) is 0 Å². The highest BCUT2D eigenvalue weighted by molar-refractivity contribution is 5.89. The van der Waals surface area contributed by atoms with Crippen LogP contribution in [0.3, 0.4) is 0 Å². The van der Waals surface area contributed by atoms with Crippen LogP contribution < -0.4 is 20.3 Å². The van der Waals surface area contributed by atoms with E-state index in [1.165, 1.54) is 12.4 Å². The molecule has 2 aromatic heterocycles. The average Bonchev–Trinajstić information content (AvgIpc) is 2.96. The normalized spacial score (nSPS) is 16.2. The van der Waals surface area contributed by atoms with Crippen LogP contribution in [0.25, 0.3) is 10.9 Å². The maximum atomic E-state index is 12.7. The molecule has 218 valence electrons. The van der Waals surface area contributed by atoms with Gasteiger partial charge in [0.1, 0.15) is 17.8 Å². The summed E-state index contributed by atoms with van der Waals surface area (Å²) in [4.78, 5) is 29.3. The third-order valence-corrected chi connectivity index (χ3v) is 7.29. The number of nitrogens with one attached hydrogen (secondary N) is 2. The molecule has 0 aliphatic carbocycles. The first-order chi connectivity index (χ1) is 20.3. The molecule has 0 bridgehead atoms. The number of fused-ring (bicyclic) bond motifs is 1. The van der Waals surface area contributed by atoms with Crippen molar-refractivity contribution in [3.05, 3.63) is 78.4 Å². The van der Waals surface area contributed by atoms with Crippen molar-refractivity contribution in [1.82, 2.24) is 25.2 Å². The molecule has 0 spiro atoms. The van der Waals surface area contributed by atoms with Gasteiger partial charge in [-0.1, -0.05) is 6.07 Å². The Morgan fingerprint density at radius 1 is 0.976 bits per heavy atom. The van der Waals surface area contributed by atoms with Crippen molar-refractivity contribution in [2.45, 2.75) is 18.8 Å². The highest BCUT2D eigenvalue weighted by atomic mass is 19.4. The molecule has 2 N–H and O–H groups in total. The quantitative estimate of drug-likeness (QED) is 0.325. The summed E-state index contributed by atoms with van der Waals surface area (Å²) >= 11 is 0. The second-order valence-corrected chi connectivity index (χ2v) is 10.1. The number of alkyl halides is 3. The summed E-state index contributed by atoms with van der Waals surface area (Å²) in [5.41, 5.74) is 1.85. The van der Waals surface area contributed by atoms with Gasteiger partial charge in [-0.2, -0.15) is 13.2 Å². The second-order valence-electron chi connectivity index (χ2n) is 10.1. The van der Waals surface area contributed by atoms with E-state index >= 15 is 0 Å². The lowest BCUT2D eigenvalue weighted by Gasteiger charge is -2.43. The number of aromatic nitrogens is 3. The molecule has 2 aliphatic heterocycles. The molecule has 2 aliphatic rings. The van der Waals surface area contributed by atoms with Gasteiger partial charge in [0.05, 0.1) is 30.2 Å². The number of carbonyl (C=O) groups is 1. The van der Waals surface area contributed by atoms with Crippen LogP contribution in [0.5, 0.6) is 11.6 Å². The number of piperazine rings is 1. The monoisotopic (exact) mass is 579 g/mol. The van der Waals surface area contributed by atoms with Gasteiger partial charge in [-0.05, 0) is 54.1 Å². The Labute approximate surface area is 239 Å². The molecule has 0 saturated carbocycles. The zero-order chi connectivity index (χ0) is 29.1. The SMILES string of the molecule is O=C(NCc1ccc(C(F)(F)F)nc1)Nc1ccc(Oc2ncnc3cc(N4CCN(C5COC5)CC4)ccc23)cc1. The van der Waals surface area contributed by atoms with Crippen LogP contribution in [-0.4, -0.2) is 71.3 Å². The summed E-state index contributed by atoms with van der Waals surface area (Å²) in [5.74, 6) is 0.946. The molecule has 6 rings (SSSR count). The maximum Gasteiger partial charge on any atom is 0.433 e. The van der Waals surface area contributed by atoms with E-state index in [-0.39, 0.29) is 6.54 Å². The number of hydrogen-bond donors (Lipinski definition) is 2. The van der Waals surface area contributed by atoms with E-state index in [0.717, 1.165) is 68.2 Å². The summed E-state index contributed by atoms with van der Waals surface area (Å²) < 4.78 is 49.3. The highest BCUT2D eigenvalue weighted by Crippen LogP contribution is 2.31. The first kappa shape index (κ1) is 27.7. The molecule has 0 radical (unpaired) electrons. The summed E-state index contributed by atoms with van der Waals surface area (Å²) in [6, 6.07) is 15.0. The van der Waals surface area contributed by atoms with Crippen molar-refractivity contribution < 1.29 is 27.4 Å². The number of nitrogens with zero attached hydrogens (tertiary/aromatic N) is 5. The van der Waals surface area contributed by atoms with Gasteiger partial charge < -0.3 is 25.0 Å². The Balaban J connectivity index is 1.03. The number of urea groups is 1. The number of ether oxygens (including phenoxy) is 2. The number of rotatable bonds is 7. The molecule has 0 unspecified atom stereocenters. The second kappa shape index (κ2) is 11.8. The topological polar surface area (TPSA) is 105 Å². The molecule has 10 nitrogen and oxygen atoms in total. The highest BCUT2D eigenvalue weighted by Gasteiger charge is 2.32. The van der Waals surface area contributed by atoms with Crippen molar-refractivity contribution in [1.29, 1.82) is 0 Å². The standard InChI is InChI=1S/C29H28F3N7O3/c30-29(31,32)26-8-1-19(14-33-26)15-34-28(40)37-20-2-5-23(6-3-20)42-27-24-7-4-21(13-25(24)35-18-36-27)38-9-11-39(12-10-38)22-16-41-17-22/h1-8,13-14,18,22H,9-12,15-17H2,(H2,34,37,40). The lowest BCUT2D eigenvalue weighted by atomic mass is 10.1. The summed E-state index contributed by atoms with van der Waals surface area (Å²) in [6.45, 7) is 5.59. The van der Waals surface area contributed by atoms with Crippen LogP contribution in [0, 0.1) is 0 Å². The van der Waals surface area contributed by atoms with E-state index in [1.54, 1.807) is 24.3 Å². The number of halogens is 3. The predicted octanol–water partition coefficient (Wildman–Crippen LogP) is 4.68. The van der Waals surface area contributed by atoms with Crippen LogP contribution in [0.15, 0.2) is 67.1 Å². The first-order valence-corrected chi connectivity index (χ1v) is 13.5. The van der Waals surface area contributed by atoms with E-state index in [2.05, 4.69) is 47.5 Å². The lowest BCUT2D eigenvalue weighted by molar-refractivity contribution is -0.141. The predicted molar refractivity (Wildman–Crippen MR) is 150 cm³/mol. The average molecular weight is 580 g/mol. The van der Waals surface area contributed by atoms with Crippen LogP contribution >= 0.6 is 0 Å². The molecule has 2 aromatic carbocycles. The Morgan fingerprint density at radius 3 is 2.43 bits per heavy atom. The fourth-order valence-corrected chi connectivity index (χ4v) is 4.85. The van der Waals surface area contributed by atoms with Gasteiger partial charge >= 0.3 is 12.2 Å². The van der Waals surface area contributed by atoms with Crippen molar-refractivity contribution in [2.75, 3.05) is 49.6 Å². The van der Waals surface area contributed by atoms with E-state index in [0.29, 0.717) is 28.9 Å². The third kappa shape index (κ3) is 6.37. The molecule has 4 aromatic rings. The van der Waals surface area contributed by atoms with Gasteiger partial charge in [0.2, 0.25) is 5.88 Å². The number of amides is 2. The summed E-state index contributed by atoms with van der Waals surface area (Å²) in [6.07, 6.45) is -1.95. The van der Waals surface area contributed by atoms with Crippen LogP contribution in [-0.2, 0) is 17.5 Å². The van der Waals surface area contributed by atoms with Crippen LogP contribution in [0.2, 0.25) is 0 Å². The fourth-order valence-electron chi connectivity index (χ4n) is 4.85. The molecule has 2 saturated heterocycles. The minimum absolute atomic E-state index is 0.0206. The van der Waals surface area contributed by atoms with E-state index in [1.807, 2.05) is 6.07 Å². The zero-order valence-electron chi connectivity index (χ0n) is 22.5. The number of hydrogen-bond acceptors (Lipinski definition) is 8. The summed E-state index contributed by atoms with van der Waals surface area (Å²) in [7, 11) is 0. The number of carbonyl (C=O) groups excluding carboxylic acids is 1.